The summed E-state index contributed by atoms with van der Waals surface area (Å²) in [5, 5.41) is 12.5. The molecule has 1 amide bonds. The molecule has 0 radical (unpaired) electrons. The molecule has 2 aromatic rings. The Morgan fingerprint density at radius 3 is 2.84 bits per heavy atom. The summed E-state index contributed by atoms with van der Waals surface area (Å²) in [7, 11) is 1.29. The molecule has 1 aliphatic rings. The molecule has 1 aliphatic heterocycles. The summed E-state index contributed by atoms with van der Waals surface area (Å²) in [6, 6.07) is 9.06. The van der Waals surface area contributed by atoms with Crippen LogP contribution in [0, 0.1) is 0 Å². The maximum atomic E-state index is 12.7. The summed E-state index contributed by atoms with van der Waals surface area (Å²) < 4.78 is 4.77. The van der Waals surface area contributed by atoms with Crippen LogP contribution in [0.25, 0.3) is 10.6 Å². The molecule has 2 heterocycles. The number of piperidine rings is 1. The topological polar surface area (TPSA) is 79.7 Å². The zero-order valence-electron chi connectivity index (χ0n) is 13.9. The first-order chi connectivity index (χ1) is 12.1. The fourth-order valence-electron chi connectivity index (χ4n) is 2.96. The van der Waals surface area contributed by atoms with Gasteiger partial charge in [0, 0.05) is 23.9 Å². The first-order valence-electron chi connectivity index (χ1n) is 8.13. The van der Waals surface area contributed by atoms with Crippen molar-refractivity contribution in [2.75, 3.05) is 13.7 Å². The van der Waals surface area contributed by atoms with Crippen molar-refractivity contribution in [3.63, 3.8) is 0 Å². The zero-order valence-corrected chi connectivity index (χ0v) is 14.7. The van der Waals surface area contributed by atoms with Gasteiger partial charge in [-0.15, -0.1) is 11.3 Å². The molecule has 1 aromatic heterocycles. The number of thiazole rings is 1. The van der Waals surface area contributed by atoms with E-state index in [0.29, 0.717) is 18.7 Å². The standard InChI is InChI=1S/C18H20N2O4S/c1-24-18(23)15-10-14(21)7-8-20(15)16(22)9-13-11-25-17(19-13)12-5-3-2-4-6-12/h2-6,11,14-15,21H,7-10H2,1H3/t14-,15+/m0/s1. The summed E-state index contributed by atoms with van der Waals surface area (Å²) >= 11 is 1.49. The van der Waals surface area contributed by atoms with Crippen LogP contribution in [0.15, 0.2) is 35.7 Å². The van der Waals surface area contributed by atoms with Crippen molar-refractivity contribution >= 4 is 23.2 Å². The number of ether oxygens (including phenoxy) is 1. The van der Waals surface area contributed by atoms with E-state index in [1.807, 2.05) is 35.7 Å². The van der Waals surface area contributed by atoms with E-state index in [2.05, 4.69) is 4.98 Å². The normalized spacial score (nSPS) is 20.3. The van der Waals surface area contributed by atoms with Gasteiger partial charge in [-0.2, -0.15) is 0 Å². The monoisotopic (exact) mass is 360 g/mol. The summed E-state index contributed by atoms with van der Waals surface area (Å²) in [5.74, 6) is -0.664. The van der Waals surface area contributed by atoms with Crippen LogP contribution in [0.5, 0.6) is 0 Å². The number of carbonyl (C=O) groups excluding carboxylic acids is 2. The van der Waals surface area contributed by atoms with E-state index in [1.165, 1.54) is 23.3 Å². The third-order valence-electron chi connectivity index (χ3n) is 4.27. The molecule has 2 atom stereocenters. The maximum Gasteiger partial charge on any atom is 0.328 e. The number of aliphatic hydroxyl groups excluding tert-OH is 1. The van der Waals surface area contributed by atoms with Gasteiger partial charge in [0.2, 0.25) is 5.91 Å². The number of rotatable bonds is 4. The second-order valence-corrected chi connectivity index (χ2v) is 6.85. The fourth-order valence-corrected chi connectivity index (χ4v) is 3.79. The van der Waals surface area contributed by atoms with Gasteiger partial charge in [-0.3, -0.25) is 4.79 Å². The highest BCUT2D eigenvalue weighted by Gasteiger charge is 2.36. The van der Waals surface area contributed by atoms with Crippen molar-refractivity contribution in [2.45, 2.75) is 31.4 Å². The summed E-state index contributed by atoms with van der Waals surface area (Å²) in [6.07, 6.45) is 0.223. The van der Waals surface area contributed by atoms with Crippen LogP contribution in [0.3, 0.4) is 0 Å². The number of carbonyl (C=O) groups is 2. The SMILES string of the molecule is COC(=O)[C@H]1C[C@@H](O)CCN1C(=O)Cc1csc(-c2ccccc2)n1. The number of hydrogen-bond donors (Lipinski definition) is 1. The van der Waals surface area contributed by atoms with Gasteiger partial charge in [-0.25, -0.2) is 9.78 Å². The molecule has 7 heteroatoms. The van der Waals surface area contributed by atoms with Crippen molar-refractivity contribution in [1.82, 2.24) is 9.88 Å². The highest BCUT2D eigenvalue weighted by molar-refractivity contribution is 7.13. The molecule has 0 aliphatic carbocycles. The number of aliphatic hydroxyl groups is 1. The van der Waals surface area contributed by atoms with Gasteiger partial charge in [0.05, 0.1) is 25.3 Å². The van der Waals surface area contributed by atoms with E-state index in [0.717, 1.165) is 10.6 Å². The first-order valence-corrected chi connectivity index (χ1v) is 9.01. The van der Waals surface area contributed by atoms with E-state index in [1.54, 1.807) is 0 Å². The highest BCUT2D eigenvalue weighted by Crippen LogP contribution is 2.25. The Hall–Kier alpha value is -2.25. The molecule has 1 N–H and O–H groups in total. The number of hydrogen-bond acceptors (Lipinski definition) is 6. The Labute approximate surface area is 150 Å². The minimum Gasteiger partial charge on any atom is -0.467 e. The minimum absolute atomic E-state index is 0.132. The van der Waals surface area contributed by atoms with E-state index in [9.17, 15) is 14.7 Å². The van der Waals surface area contributed by atoms with E-state index >= 15 is 0 Å². The van der Waals surface area contributed by atoms with Gasteiger partial charge < -0.3 is 14.7 Å². The number of likely N-dealkylation sites (tertiary alicyclic amines) is 1. The largest absolute Gasteiger partial charge is 0.467 e. The van der Waals surface area contributed by atoms with Crippen LogP contribution in [0.2, 0.25) is 0 Å². The van der Waals surface area contributed by atoms with Crippen LogP contribution >= 0.6 is 11.3 Å². The van der Waals surface area contributed by atoms with Crippen LogP contribution < -0.4 is 0 Å². The minimum atomic E-state index is -0.728. The van der Waals surface area contributed by atoms with Gasteiger partial charge in [0.1, 0.15) is 11.0 Å². The first kappa shape index (κ1) is 17.6. The van der Waals surface area contributed by atoms with E-state index in [-0.39, 0.29) is 18.7 Å². The van der Waals surface area contributed by atoms with Crippen LogP contribution in [0.4, 0.5) is 0 Å². The molecule has 1 saturated heterocycles. The lowest BCUT2D eigenvalue weighted by atomic mass is 9.99. The Bertz CT molecular complexity index is 747. The quantitative estimate of drug-likeness (QED) is 0.842. The summed E-state index contributed by atoms with van der Waals surface area (Å²) in [6.45, 7) is 0.343. The lowest BCUT2D eigenvalue weighted by molar-refractivity contribution is -0.156. The van der Waals surface area contributed by atoms with Crippen molar-refractivity contribution in [3.05, 3.63) is 41.4 Å². The number of esters is 1. The van der Waals surface area contributed by atoms with Crippen molar-refractivity contribution in [2.24, 2.45) is 0 Å². The number of amides is 1. The molecule has 1 aromatic carbocycles. The second kappa shape index (κ2) is 7.76. The molecule has 132 valence electrons. The molecule has 25 heavy (non-hydrogen) atoms. The van der Waals surface area contributed by atoms with Crippen molar-refractivity contribution < 1.29 is 19.4 Å². The number of aromatic nitrogens is 1. The molecule has 0 spiro atoms. The van der Waals surface area contributed by atoms with Crippen molar-refractivity contribution in [3.8, 4) is 10.6 Å². The smallest absolute Gasteiger partial charge is 0.328 e. The third-order valence-corrected chi connectivity index (χ3v) is 5.21. The molecule has 0 saturated carbocycles. The number of methoxy groups -OCH3 is 1. The predicted molar refractivity (Wildman–Crippen MR) is 94.0 cm³/mol. The molecule has 0 unspecified atom stereocenters. The molecule has 1 fully saturated rings. The second-order valence-electron chi connectivity index (χ2n) is 5.99. The van der Waals surface area contributed by atoms with E-state index < -0.39 is 18.1 Å². The van der Waals surface area contributed by atoms with Gasteiger partial charge in [-0.05, 0) is 6.42 Å². The fraction of sp³-hybridized carbons (Fsp3) is 0.389. The lowest BCUT2D eigenvalue weighted by Crippen LogP contribution is -2.52. The molecule has 3 rings (SSSR count). The zero-order chi connectivity index (χ0) is 17.8. The Morgan fingerprint density at radius 2 is 2.12 bits per heavy atom. The average molecular weight is 360 g/mol. The molecule has 6 nitrogen and oxygen atoms in total. The molecule has 0 bridgehead atoms. The van der Waals surface area contributed by atoms with E-state index in [4.69, 9.17) is 4.74 Å². The van der Waals surface area contributed by atoms with Crippen molar-refractivity contribution in [1.29, 1.82) is 0 Å². The van der Waals surface area contributed by atoms with Gasteiger partial charge in [-0.1, -0.05) is 30.3 Å². The van der Waals surface area contributed by atoms with Gasteiger partial charge >= 0.3 is 5.97 Å². The Kier molecular flexibility index (Phi) is 5.45. The maximum absolute atomic E-state index is 12.7. The Morgan fingerprint density at radius 1 is 1.36 bits per heavy atom. The molecular formula is C18H20N2O4S. The van der Waals surface area contributed by atoms with Crippen LogP contribution in [-0.2, 0) is 20.7 Å². The number of nitrogens with zero attached hydrogens (tertiary/aromatic N) is 2. The van der Waals surface area contributed by atoms with Crippen LogP contribution in [0.1, 0.15) is 18.5 Å². The number of benzene rings is 1. The van der Waals surface area contributed by atoms with Gasteiger partial charge in [0.25, 0.3) is 0 Å². The average Bonchev–Trinajstić information content (AvgIpc) is 3.10. The predicted octanol–water partition coefficient (Wildman–Crippen LogP) is 1.88. The summed E-state index contributed by atoms with van der Waals surface area (Å²) in [4.78, 5) is 30.6. The van der Waals surface area contributed by atoms with Crippen LogP contribution in [-0.4, -0.2) is 52.7 Å². The summed E-state index contributed by atoms with van der Waals surface area (Å²) in [5.41, 5.74) is 1.70. The third kappa shape index (κ3) is 4.05. The Balaban J connectivity index is 1.71. The van der Waals surface area contributed by atoms with Gasteiger partial charge in [0.15, 0.2) is 0 Å². The lowest BCUT2D eigenvalue weighted by Gasteiger charge is -2.36. The molecular weight excluding hydrogens is 340 g/mol. The highest BCUT2D eigenvalue weighted by atomic mass is 32.1.